The highest BCUT2D eigenvalue weighted by molar-refractivity contribution is 6.30. The van der Waals surface area contributed by atoms with E-state index in [1.54, 1.807) is 18.3 Å². The molecule has 0 bridgehead atoms. The van der Waals surface area contributed by atoms with Crippen molar-refractivity contribution in [2.24, 2.45) is 0 Å². The van der Waals surface area contributed by atoms with E-state index >= 15 is 0 Å². The van der Waals surface area contributed by atoms with Gasteiger partial charge in [0.25, 0.3) is 5.91 Å². The van der Waals surface area contributed by atoms with E-state index in [4.69, 9.17) is 11.6 Å². The Hall–Kier alpha value is -2.58. The van der Waals surface area contributed by atoms with Crippen LogP contribution in [0.4, 0.5) is 5.82 Å². The highest BCUT2D eigenvalue weighted by Gasteiger charge is 2.42. The lowest BCUT2D eigenvalue weighted by atomic mass is 10.1. The molecule has 0 radical (unpaired) electrons. The number of halogens is 1. The van der Waals surface area contributed by atoms with E-state index in [1.807, 2.05) is 4.90 Å². The first-order chi connectivity index (χ1) is 13.5. The number of fused-ring (bicyclic) bond motifs is 1. The molecule has 0 aromatic carbocycles. The fourth-order valence-electron chi connectivity index (χ4n) is 3.67. The molecule has 2 aromatic rings. The number of nitrogens with zero attached hydrogens (tertiary/aromatic N) is 6. The van der Waals surface area contributed by atoms with Crippen molar-refractivity contribution >= 4 is 29.2 Å². The van der Waals surface area contributed by atoms with Gasteiger partial charge in [0, 0.05) is 44.3 Å². The average molecular weight is 401 g/mol. The van der Waals surface area contributed by atoms with Crippen molar-refractivity contribution in [3.63, 3.8) is 0 Å². The number of likely N-dealkylation sites (N-methyl/N-ethyl adjacent to an activating group) is 1. The van der Waals surface area contributed by atoms with Gasteiger partial charge in [-0.2, -0.15) is 0 Å². The lowest BCUT2D eigenvalue weighted by molar-refractivity contribution is -0.134. The molecule has 1 saturated heterocycles. The zero-order valence-corrected chi connectivity index (χ0v) is 16.5. The molecule has 146 valence electrons. The Bertz CT molecular complexity index is 906. The number of carbonyl (C=O) groups excluding carboxylic acids is 2. The third-order valence-electron chi connectivity index (χ3n) is 5.41. The summed E-state index contributed by atoms with van der Waals surface area (Å²) in [7, 11) is 2.06. The fourth-order valence-corrected chi connectivity index (χ4v) is 3.78. The largest absolute Gasteiger partial charge is 0.340 e. The standard InChI is InChI=1S/C19H21ClN6O2/c1-12-11-25(8-7-24(12)2)16(27)9-14-17-18(22-6-5-21-17)19(28)26(14)15-4-3-13(20)10-23-15/h3-6,10,12,14H,7-9,11H2,1-2H3/t12?,14-/m1/s1. The monoisotopic (exact) mass is 400 g/mol. The van der Waals surface area contributed by atoms with Crippen LogP contribution < -0.4 is 4.90 Å². The molecule has 8 nitrogen and oxygen atoms in total. The minimum absolute atomic E-state index is 0.00443. The molecule has 2 aromatic heterocycles. The molecule has 1 unspecified atom stereocenters. The van der Waals surface area contributed by atoms with E-state index in [1.165, 1.54) is 17.3 Å². The quantitative estimate of drug-likeness (QED) is 0.781. The van der Waals surface area contributed by atoms with Gasteiger partial charge in [0.15, 0.2) is 5.69 Å². The summed E-state index contributed by atoms with van der Waals surface area (Å²) >= 11 is 5.94. The maximum absolute atomic E-state index is 13.0. The highest BCUT2D eigenvalue weighted by atomic mass is 35.5. The molecule has 1 fully saturated rings. The number of amides is 2. The van der Waals surface area contributed by atoms with Gasteiger partial charge in [0.1, 0.15) is 5.82 Å². The van der Waals surface area contributed by atoms with Gasteiger partial charge < -0.3 is 9.80 Å². The van der Waals surface area contributed by atoms with Crippen LogP contribution in [0.2, 0.25) is 5.02 Å². The fraction of sp³-hybridized carbons (Fsp3) is 0.421. The predicted molar refractivity (Wildman–Crippen MR) is 104 cm³/mol. The van der Waals surface area contributed by atoms with Crippen molar-refractivity contribution in [1.29, 1.82) is 0 Å². The molecule has 0 aliphatic carbocycles. The molecule has 4 rings (SSSR count). The van der Waals surface area contributed by atoms with E-state index in [9.17, 15) is 9.59 Å². The summed E-state index contributed by atoms with van der Waals surface area (Å²) in [6, 6.07) is 3.10. The van der Waals surface area contributed by atoms with Crippen molar-refractivity contribution in [2.45, 2.75) is 25.4 Å². The van der Waals surface area contributed by atoms with Crippen molar-refractivity contribution in [1.82, 2.24) is 24.8 Å². The topological polar surface area (TPSA) is 82.5 Å². The molecular weight excluding hydrogens is 380 g/mol. The Balaban J connectivity index is 1.63. The zero-order chi connectivity index (χ0) is 19.8. The second kappa shape index (κ2) is 7.44. The van der Waals surface area contributed by atoms with Crippen LogP contribution in [0.15, 0.2) is 30.7 Å². The first kappa shape index (κ1) is 18.8. The van der Waals surface area contributed by atoms with Gasteiger partial charge >= 0.3 is 0 Å². The first-order valence-electron chi connectivity index (χ1n) is 9.19. The maximum Gasteiger partial charge on any atom is 0.280 e. The molecule has 9 heteroatoms. The highest BCUT2D eigenvalue weighted by Crippen LogP contribution is 2.37. The van der Waals surface area contributed by atoms with Crippen LogP contribution in [0.3, 0.4) is 0 Å². The van der Waals surface area contributed by atoms with E-state index in [2.05, 4.69) is 33.8 Å². The third kappa shape index (κ3) is 3.33. The molecule has 2 aliphatic heterocycles. The Morgan fingerprint density at radius 1 is 1.21 bits per heavy atom. The summed E-state index contributed by atoms with van der Waals surface area (Å²) < 4.78 is 0. The average Bonchev–Trinajstić information content (AvgIpc) is 2.97. The number of hydrogen-bond donors (Lipinski definition) is 0. The van der Waals surface area contributed by atoms with E-state index in [0.29, 0.717) is 35.7 Å². The second-order valence-electron chi connectivity index (χ2n) is 7.19. The maximum atomic E-state index is 13.0. The number of anilines is 1. The van der Waals surface area contributed by atoms with E-state index < -0.39 is 6.04 Å². The third-order valence-corrected chi connectivity index (χ3v) is 5.64. The van der Waals surface area contributed by atoms with Crippen LogP contribution in [0, 0.1) is 0 Å². The Labute approximate surface area is 168 Å². The van der Waals surface area contributed by atoms with Crippen LogP contribution >= 0.6 is 11.6 Å². The molecule has 0 N–H and O–H groups in total. The molecule has 2 amide bonds. The number of pyridine rings is 1. The van der Waals surface area contributed by atoms with Crippen molar-refractivity contribution in [2.75, 3.05) is 31.6 Å². The molecule has 28 heavy (non-hydrogen) atoms. The second-order valence-corrected chi connectivity index (χ2v) is 7.63. The number of aromatic nitrogens is 3. The minimum atomic E-state index is -0.535. The smallest absolute Gasteiger partial charge is 0.280 e. The molecular formula is C19H21ClN6O2. The Kier molecular flexibility index (Phi) is 4.99. The number of piperazine rings is 1. The number of hydrogen-bond acceptors (Lipinski definition) is 6. The van der Waals surface area contributed by atoms with Gasteiger partial charge in [-0.05, 0) is 26.1 Å². The van der Waals surface area contributed by atoms with Crippen LogP contribution in [-0.4, -0.2) is 69.3 Å². The predicted octanol–water partition coefficient (Wildman–Crippen LogP) is 1.78. The molecule has 4 heterocycles. The van der Waals surface area contributed by atoms with Crippen LogP contribution in [0.5, 0.6) is 0 Å². The summed E-state index contributed by atoms with van der Waals surface area (Å²) in [4.78, 5) is 44.4. The minimum Gasteiger partial charge on any atom is -0.340 e. The van der Waals surface area contributed by atoms with Crippen molar-refractivity contribution in [3.8, 4) is 0 Å². The van der Waals surface area contributed by atoms with Crippen LogP contribution in [0.25, 0.3) is 0 Å². The van der Waals surface area contributed by atoms with Gasteiger partial charge in [-0.15, -0.1) is 0 Å². The van der Waals surface area contributed by atoms with Gasteiger partial charge in [0.2, 0.25) is 5.91 Å². The number of rotatable bonds is 3. The van der Waals surface area contributed by atoms with Crippen molar-refractivity contribution in [3.05, 3.63) is 47.1 Å². The lowest BCUT2D eigenvalue weighted by Gasteiger charge is -2.38. The summed E-state index contributed by atoms with van der Waals surface area (Å²) in [5.74, 6) is 0.122. The van der Waals surface area contributed by atoms with Gasteiger partial charge in [-0.3, -0.25) is 19.5 Å². The van der Waals surface area contributed by atoms with E-state index in [0.717, 1.165) is 6.54 Å². The first-order valence-corrected chi connectivity index (χ1v) is 9.57. The van der Waals surface area contributed by atoms with Crippen molar-refractivity contribution < 1.29 is 9.59 Å². The Morgan fingerprint density at radius 2 is 2.00 bits per heavy atom. The van der Waals surface area contributed by atoms with Crippen LogP contribution in [0.1, 0.15) is 35.6 Å². The summed E-state index contributed by atoms with van der Waals surface area (Å²) in [5, 5.41) is 0.475. The molecule has 0 saturated carbocycles. The van der Waals surface area contributed by atoms with E-state index in [-0.39, 0.29) is 23.9 Å². The van der Waals surface area contributed by atoms with Crippen LogP contribution in [-0.2, 0) is 4.79 Å². The Morgan fingerprint density at radius 3 is 2.71 bits per heavy atom. The lowest BCUT2D eigenvalue weighted by Crippen LogP contribution is -2.52. The normalized spacial score (nSPS) is 22.5. The molecule has 2 atom stereocenters. The number of carbonyl (C=O) groups is 2. The van der Waals surface area contributed by atoms with Gasteiger partial charge in [0.05, 0.1) is 23.2 Å². The summed E-state index contributed by atoms with van der Waals surface area (Å²) in [5.41, 5.74) is 0.781. The molecule has 2 aliphatic rings. The SMILES string of the molecule is CC1CN(C(=O)C[C@@H]2c3nccnc3C(=O)N2c2ccc(Cl)cn2)CCN1C. The summed E-state index contributed by atoms with van der Waals surface area (Å²) in [6.07, 6.45) is 4.64. The molecule has 0 spiro atoms. The van der Waals surface area contributed by atoms with Gasteiger partial charge in [-0.1, -0.05) is 11.6 Å². The summed E-state index contributed by atoms with van der Waals surface area (Å²) in [6.45, 7) is 4.27. The zero-order valence-electron chi connectivity index (χ0n) is 15.7. The van der Waals surface area contributed by atoms with Gasteiger partial charge in [-0.25, -0.2) is 9.97 Å².